The van der Waals surface area contributed by atoms with Crippen LogP contribution in [0.5, 0.6) is 0 Å². The molecular formula is C11H9NO2S. The monoisotopic (exact) mass is 219 g/mol. The lowest BCUT2D eigenvalue weighted by Gasteiger charge is -1.88. The molecule has 0 radical (unpaired) electrons. The summed E-state index contributed by atoms with van der Waals surface area (Å²) in [4.78, 5) is 15.2. The van der Waals surface area contributed by atoms with E-state index in [2.05, 4.69) is 4.98 Å². The molecule has 2 aromatic rings. The number of benzene rings is 1. The van der Waals surface area contributed by atoms with Gasteiger partial charge in [-0.2, -0.15) is 0 Å². The minimum Gasteiger partial charge on any atom is -0.481 e. The lowest BCUT2D eigenvalue weighted by Crippen LogP contribution is -1.98. The van der Waals surface area contributed by atoms with Crippen LogP contribution < -0.4 is 0 Å². The first-order valence-corrected chi connectivity index (χ1v) is 5.65. The maximum absolute atomic E-state index is 10.7. The fourth-order valence-corrected chi connectivity index (χ4v) is 2.94. The van der Waals surface area contributed by atoms with Crippen molar-refractivity contribution in [2.45, 2.75) is 12.3 Å². The van der Waals surface area contributed by atoms with Crippen LogP contribution in [0.3, 0.4) is 0 Å². The van der Waals surface area contributed by atoms with Crippen LogP contribution >= 0.6 is 11.3 Å². The molecule has 0 aliphatic heterocycles. The van der Waals surface area contributed by atoms with Crippen molar-refractivity contribution in [1.82, 2.24) is 4.98 Å². The third-order valence-corrected chi connectivity index (χ3v) is 3.90. The Morgan fingerprint density at radius 2 is 2.27 bits per heavy atom. The zero-order valence-corrected chi connectivity index (χ0v) is 8.70. The topological polar surface area (TPSA) is 50.2 Å². The lowest BCUT2D eigenvalue weighted by atomic mass is 10.3. The van der Waals surface area contributed by atoms with Crippen LogP contribution in [0.15, 0.2) is 24.3 Å². The second-order valence-corrected chi connectivity index (χ2v) is 4.87. The third kappa shape index (κ3) is 1.41. The molecule has 1 N–H and O–H groups in total. The number of rotatable bonds is 2. The summed E-state index contributed by atoms with van der Waals surface area (Å²) in [5, 5.41) is 9.81. The average Bonchev–Trinajstić information content (AvgIpc) is 2.91. The smallest absolute Gasteiger partial charge is 0.307 e. The number of fused-ring (bicyclic) bond motifs is 1. The summed E-state index contributed by atoms with van der Waals surface area (Å²) < 4.78 is 1.14. The van der Waals surface area contributed by atoms with E-state index in [-0.39, 0.29) is 11.8 Å². The van der Waals surface area contributed by atoms with Gasteiger partial charge in [0, 0.05) is 5.92 Å². The zero-order valence-electron chi connectivity index (χ0n) is 7.88. The van der Waals surface area contributed by atoms with Gasteiger partial charge in [0.15, 0.2) is 0 Å². The normalized spacial score (nSPS) is 24.3. The molecule has 2 atom stereocenters. The number of carboxylic acids is 1. The molecule has 3 nitrogen and oxygen atoms in total. The highest BCUT2D eigenvalue weighted by Gasteiger charge is 2.46. The number of carboxylic acid groups (broad SMARTS) is 1. The fraction of sp³-hybridized carbons (Fsp3) is 0.273. The zero-order chi connectivity index (χ0) is 10.4. The Kier molecular flexibility index (Phi) is 1.79. The van der Waals surface area contributed by atoms with E-state index in [1.54, 1.807) is 11.3 Å². The van der Waals surface area contributed by atoms with E-state index in [4.69, 9.17) is 5.11 Å². The summed E-state index contributed by atoms with van der Waals surface area (Å²) in [6.45, 7) is 0. The van der Waals surface area contributed by atoms with Gasteiger partial charge in [0.2, 0.25) is 0 Å². The van der Waals surface area contributed by atoms with E-state index in [0.717, 1.165) is 21.6 Å². The average molecular weight is 219 g/mol. The molecule has 0 spiro atoms. The highest BCUT2D eigenvalue weighted by molar-refractivity contribution is 7.18. The first-order valence-electron chi connectivity index (χ1n) is 4.84. The van der Waals surface area contributed by atoms with Crippen LogP contribution in [-0.4, -0.2) is 16.1 Å². The SMILES string of the molecule is O=C(O)[C@@H]1C[C@@H]1c1nc2ccccc2s1. The first-order chi connectivity index (χ1) is 7.25. The molecule has 15 heavy (non-hydrogen) atoms. The highest BCUT2D eigenvalue weighted by atomic mass is 32.1. The van der Waals surface area contributed by atoms with Crippen LogP contribution in [0.2, 0.25) is 0 Å². The number of hydrogen-bond acceptors (Lipinski definition) is 3. The van der Waals surface area contributed by atoms with Gasteiger partial charge in [0.1, 0.15) is 0 Å². The lowest BCUT2D eigenvalue weighted by molar-refractivity contribution is -0.138. The van der Waals surface area contributed by atoms with Crippen molar-refractivity contribution >= 4 is 27.5 Å². The minimum absolute atomic E-state index is 0.153. The predicted octanol–water partition coefficient (Wildman–Crippen LogP) is 2.48. The highest BCUT2D eigenvalue weighted by Crippen LogP contribution is 2.49. The molecule has 1 aliphatic carbocycles. The van der Waals surface area contributed by atoms with E-state index in [0.29, 0.717) is 0 Å². The van der Waals surface area contributed by atoms with Crippen LogP contribution in [0.1, 0.15) is 17.3 Å². The summed E-state index contributed by atoms with van der Waals surface area (Å²) in [5.41, 5.74) is 0.980. The second kappa shape index (κ2) is 3.03. The van der Waals surface area contributed by atoms with Crippen molar-refractivity contribution in [3.63, 3.8) is 0 Å². The van der Waals surface area contributed by atoms with E-state index in [1.165, 1.54) is 0 Å². The number of para-hydroxylation sites is 1. The molecule has 0 unspecified atom stereocenters. The molecule has 1 aromatic heterocycles. The van der Waals surface area contributed by atoms with Crippen LogP contribution in [-0.2, 0) is 4.79 Å². The molecule has 0 saturated heterocycles. The summed E-state index contributed by atoms with van der Waals surface area (Å²) in [7, 11) is 0. The Morgan fingerprint density at radius 3 is 2.93 bits per heavy atom. The number of nitrogens with zero attached hydrogens (tertiary/aromatic N) is 1. The molecule has 1 heterocycles. The Bertz CT molecular complexity index is 501. The summed E-state index contributed by atoms with van der Waals surface area (Å²) in [5.74, 6) is -0.746. The number of aromatic nitrogens is 1. The van der Waals surface area contributed by atoms with Crippen molar-refractivity contribution in [3.8, 4) is 0 Å². The predicted molar refractivity (Wildman–Crippen MR) is 58.1 cm³/mol. The summed E-state index contributed by atoms with van der Waals surface area (Å²) in [6.07, 6.45) is 0.745. The third-order valence-electron chi connectivity index (χ3n) is 2.74. The van der Waals surface area contributed by atoms with Crippen molar-refractivity contribution in [2.75, 3.05) is 0 Å². The summed E-state index contributed by atoms with van der Waals surface area (Å²) in [6, 6.07) is 7.92. The van der Waals surface area contributed by atoms with Gasteiger partial charge >= 0.3 is 5.97 Å². The van der Waals surface area contributed by atoms with Crippen molar-refractivity contribution < 1.29 is 9.90 Å². The van der Waals surface area contributed by atoms with Crippen molar-refractivity contribution in [2.24, 2.45) is 5.92 Å². The van der Waals surface area contributed by atoms with Crippen LogP contribution in [0.4, 0.5) is 0 Å². The maximum Gasteiger partial charge on any atom is 0.307 e. The van der Waals surface area contributed by atoms with E-state index in [1.807, 2.05) is 24.3 Å². The summed E-state index contributed by atoms with van der Waals surface area (Å²) >= 11 is 1.61. The number of thiazole rings is 1. The molecule has 4 heteroatoms. The van der Waals surface area contributed by atoms with Crippen LogP contribution in [0.25, 0.3) is 10.2 Å². The van der Waals surface area contributed by atoms with E-state index < -0.39 is 5.97 Å². The van der Waals surface area contributed by atoms with Crippen molar-refractivity contribution in [1.29, 1.82) is 0 Å². The van der Waals surface area contributed by atoms with Gasteiger partial charge < -0.3 is 5.11 Å². The number of aliphatic carboxylic acids is 1. The Labute approximate surface area is 90.4 Å². The quantitative estimate of drug-likeness (QED) is 0.844. The van der Waals surface area contributed by atoms with Gasteiger partial charge in [-0.3, -0.25) is 4.79 Å². The number of carbonyl (C=O) groups is 1. The minimum atomic E-state index is -0.695. The van der Waals surface area contributed by atoms with Gasteiger partial charge in [-0.1, -0.05) is 12.1 Å². The van der Waals surface area contributed by atoms with E-state index >= 15 is 0 Å². The van der Waals surface area contributed by atoms with Gasteiger partial charge in [0.05, 0.1) is 21.1 Å². The van der Waals surface area contributed by atoms with E-state index in [9.17, 15) is 4.79 Å². The van der Waals surface area contributed by atoms with Gasteiger partial charge in [-0.15, -0.1) is 11.3 Å². The number of hydrogen-bond donors (Lipinski definition) is 1. The standard InChI is InChI=1S/C11H9NO2S/c13-11(14)7-5-6(7)10-12-8-3-1-2-4-9(8)15-10/h1-4,6-7H,5H2,(H,13,14)/t6-,7+/m0/s1. The fourth-order valence-electron chi connectivity index (χ4n) is 1.79. The van der Waals surface area contributed by atoms with Gasteiger partial charge in [0.25, 0.3) is 0 Å². The molecule has 0 bridgehead atoms. The molecular weight excluding hydrogens is 210 g/mol. The molecule has 1 aromatic carbocycles. The Morgan fingerprint density at radius 1 is 1.47 bits per heavy atom. The van der Waals surface area contributed by atoms with Crippen LogP contribution in [0, 0.1) is 5.92 Å². The Hall–Kier alpha value is -1.42. The first kappa shape index (κ1) is 8.85. The van der Waals surface area contributed by atoms with Crippen molar-refractivity contribution in [3.05, 3.63) is 29.3 Å². The molecule has 1 fully saturated rings. The molecule has 1 saturated carbocycles. The Balaban J connectivity index is 1.97. The van der Waals surface area contributed by atoms with Gasteiger partial charge in [-0.25, -0.2) is 4.98 Å². The largest absolute Gasteiger partial charge is 0.481 e. The molecule has 3 rings (SSSR count). The second-order valence-electron chi connectivity index (χ2n) is 3.81. The molecule has 0 amide bonds. The van der Waals surface area contributed by atoms with Gasteiger partial charge in [-0.05, 0) is 18.6 Å². The molecule has 76 valence electrons. The molecule has 1 aliphatic rings. The maximum atomic E-state index is 10.7.